The van der Waals surface area contributed by atoms with E-state index >= 15 is 0 Å². The van der Waals surface area contributed by atoms with Gasteiger partial charge in [0, 0.05) is 19.0 Å². The topological polar surface area (TPSA) is 57.6 Å². The van der Waals surface area contributed by atoms with Crippen LogP contribution in [0.4, 0.5) is 0 Å². The molecule has 0 aromatic heterocycles. The van der Waals surface area contributed by atoms with E-state index in [1.807, 2.05) is 29.2 Å². The van der Waals surface area contributed by atoms with Crippen LogP contribution < -0.4 is 0 Å². The van der Waals surface area contributed by atoms with Gasteiger partial charge in [0.1, 0.15) is 0 Å². The molecule has 1 fully saturated rings. The Bertz CT molecular complexity index is 782. The second-order valence-corrected chi connectivity index (χ2v) is 7.05. The lowest BCUT2D eigenvalue weighted by molar-refractivity contribution is -0.141. The van der Waals surface area contributed by atoms with E-state index < -0.39 is 5.97 Å². The summed E-state index contributed by atoms with van der Waals surface area (Å²) < 4.78 is 0. The molecule has 0 saturated heterocycles. The molecule has 0 bridgehead atoms. The minimum atomic E-state index is -0.776. The third-order valence-corrected chi connectivity index (χ3v) is 5.49. The van der Waals surface area contributed by atoms with Crippen molar-refractivity contribution in [1.82, 2.24) is 4.90 Å². The predicted molar refractivity (Wildman–Crippen MR) is 94.6 cm³/mol. The zero-order chi connectivity index (χ0) is 17.4. The second-order valence-electron chi connectivity index (χ2n) is 7.05. The molecule has 1 amide bonds. The van der Waals surface area contributed by atoms with E-state index in [-0.39, 0.29) is 17.7 Å². The molecule has 2 atom stereocenters. The fraction of sp³-hybridized carbons (Fsp3) is 0.333. The molecular weight excluding hydrogens is 314 g/mol. The number of hydrogen-bond donors (Lipinski definition) is 1. The molecule has 0 spiro atoms. The summed E-state index contributed by atoms with van der Waals surface area (Å²) in [4.78, 5) is 26.2. The standard InChI is InChI=1S/C21H21NO3/c23-20(14-9-10-15(11-14)21(24)25)22-12-16-5-1-3-7-18(16)19-8-4-2-6-17(19)13-22/h1-8,14-15H,9-13H2,(H,24,25)/t14-,15+/m0/s1. The minimum Gasteiger partial charge on any atom is -0.481 e. The van der Waals surface area contributed by atoms with Crippen molar-refractivity contribution in [3.63, 3.8) is 0 Å². The highest BCUT2D eigenvalue weighted by atomic mass is 16.4. The Balaban J connectivity index is 1.65. The molecule has 0 unspecified atom stereocenters. The maximum absolute atomic E-state index is 13.1. The molecule has 25 heavy (non-hydrogen) atoms. The number of carbonyl (C=O) groups excluding carboxylic acids is 1. The van der Waals surface area contributed by atoms with E-state index in [1.165, 1.54) is 11.1 Å². The molecule has 4 rings (SSSR count). The van der Waals surface area contributed by atoms with Gasteiger partial charge in [-0.1, -0.05) is 48.5 Å². The first-order chi connectivity index (χ1) is 12.1. The van der Waals surface area contributed by atoms with Gasteiger partial charge in [-0.3, -0.25) is 9.59 Å². The first-order valence-electron chi connectivity index (χ1n) is 8.81. The molecule has 1 heterocycles. The molecule has 2 aliphatic rings. The number of fused-ring (bicyclic) bond motifs is 3. The number of carboxylic acid groups (broad SMARTS) is 1. The number of aliphatic carboxylic acids is 1. The van der Waals surface area contributed by atoms with E-state index in [9.17, 15) is 14.7 Å². The minimum absolute atomic E-state index is 0.0928. The number of hydrogen-bond acceptors (Lipinski definition) is 2. The molecule has 128 valence electrons. The molecule has 1 aliphatic heterocycles. The zero-order valence-electron chi connectivity index (χ0n) is 14.0. The van der Waals surface area contributed by atoms with Gasteiger partial charge in [-0.05, 0) is 41.5 Å². The lowest BCUT2D eigenvalue weighted by atomic mass is 9.97. The van der Waals surface area contributed by atoms with Gasteiger partial charge in [-0.15, -0.1) is 0 Å². The first-order valence-corrected chi connectivity index (χ1v) is 8.81. The van der Waals surface area contributed by atoms with Crippen LogP contribution in [0.15, 0.2) is 48.5 Å². The lowest BCUT2D eigenvalue weighted by Crippen LogP contribution is -2.34. The average molecular weight is 335 g/mol. The number of rotatable bonds is 2. The highest BCUT2D eigenvalue weighted by Crippen LogP contribution is 2.36. The van der Waals surface area contributed by atoms with Gasteiger partial charge in [0.25, 0.3) is 0 Å². The van der Waals surface area contributed by atoms with E-state index in [0.717, 1.165) is 11.1 Å². The van der Waals surface area contributed by atoms with Gasteiger partial charge in [-0.2, -0.15) is 0 Å². The molecule has 4 heteroatoms. The van der Waals surface area contributed by atoms with Gasteiger partial charge in [0.15, 0.2) is 0 Å². The monoisotopic (exact) mass is 335 g/mol. The summed E-state index contributed by atoms with van der Waals surface area (Å²) in [6.07, 6.45) is 1.75. The van der Waals surface area contributed by atoms with Gasteiger partial charge in [-0.25, -0.2) is 0 Å². The number of carbonyl (C=O) groups is 2. The quantitative estimate of drug-likeness (QED) is 0.910. The summed E-state index contributed by atoms with van der Waals surface area (Å²) in [6, 6.07) is 16.4. The Morgan fingerprint density at radius 3 is 1.88 bits per heavy atom. The molecule has 1 N–H and O–H groups in total. The van der Waals surface area contributed by atoms with Crippen LogP contribution in [0.25, 0.3) is 11.1 Å². The molecule has 2 aromatic rings. The van der Waals surface area contributed by atoms with Crippen molar-refractivity contribution in [2.75, 3.05) is 0 Å². The van der Waals surface area contributed by atoms with Gasteiger partial charge >= 0.3 is 5.97 Å². The fourth-order valence-corrected chi connectivity index (χ4v) is 4.15. The normalized spacial score (nSPS) is 22.0. The number of benzene rings is 2. The van der Waals surface area contributed by atoms with Crippen LogP contribution in [0.1, 0.15) is 30.4 Å². The number of carboxylic acids is 1. The molecule has 1 saturated carbocycles. The smallest absolute Gasteiger partial charge is 0.306 e. The van der Waals surface area contributed by atoms with E-state index in [0.29, 0.717) is 32.4 Å². The summed E-state index contributed by atoms with van der Waals surface area (Å²) >= 11 is 0. The summed E-state index contributed by atoms with van der Waals surface area (Å²) in [6.45, 7) is 1.16. The summed E-state index contributed by atoms with van der Waals surface area (Å²) in [5.74, 6) is -1.23. The van der Waals surface area contributed by atoms with Crippen molar-refractivity contribution in [3.05, 3.63) is 59.7 Å². The maximum atomic E-state index is 13.1. The van der Waals surface area contributed by atoms with Crippen molar-refractivity contribution in [1.29, 1.82) is 0 Å². The zero-order valence-corrected chi connectivity index (χ0v) is 14.0. The van der Waals surface area contributed by atoms with Gasteiger partial charge < -0.3 is 10.0 Å². The largest absolute Gasteiger partial charge is 0.481 e. The van der Waals surface area contributed by atoms with E-state index in [2.05, 4.69) is 24.3 Å². The van der Waals surface area contributed by atoms with Crippen LogP contribution in [-0.2, 0) is 22.7 Å². The van der Waals surface area contributed by atoms with Crippen molar-refractivity contribution < 1.29 is 14.7 Å². The lowest BCUT2D eigenvalue weighted by Gasteiger charge is -2.25. The summed E-state index contributed by atoms with van der Waals surface area (Å²) in [7, 11) is 0. The van der Waals surface area contributed by atoms with Crippen LogP contribution in [0.5, 0.6) is 0 Å². The Morgan fingerprint density at radius 1 is 0.840 bits per heavy atom. The molecule has 1 aliphatic carbocycles. The summed E-state index contributed by atoms with van der Waals surface area (Å²) in [5, 5.41) is 9.20. The molecule has 4 nitrogen and oxygen atoms in total. The Hall–Kier alpha value is -2.62. The second kappa shape index (κ2) is 6.36. The van der Waals surface area contributed by atoms with E-state index in [4.69, 9.17) is 0 Å². The number of amides is 1. The van der Waals surface area contributed by atoms with Gasteiger partial charge in [0.05, 0.1) is 5.92 Å². The van der Waals surface area contributed by atoms with Crippen molar-refractivity contribution >= 4 is 11.9 Å². The Labute approximate surface area is 147 Å². The van der Waals surface area contributed by atoms with E-state index in [1.54, 1.807) is 0 Å². The number of nitrogens with zero attached hydrogens (tertiary/aromatic N) is 1. The highest BCUT2D eigenvalue weighted by molar-refractivity contribution is 5.82. The molecule has 2 aromatic carbocycles. The van der Waals surface area contributed by atoms with Crippen LogP contribution in [0, 0.1) is 11.8 Å². The first kappa shape index (κ1) is 15.9. The predicted octanol–water partition coefficient (Wildman–Crippen LogP) is 3.70. The maximum Gasteiger partial charge on any atom is 0.306 e. The third kappa shape index (κ3) is 2.93. The molecular formula is C21H21NO3. The molecule has 0 radical (unpaired) electrons. The highest BCUT2D eigenvalue weighted by Gasteiger charge is 2.36. The van der Waals surface area contributed by atoms with Crippen LogP contribution in [0.3, 0.4) is 0 Å². The van der Waals surface area contributed by atoms with Crippen LogP contribution in [0.2, 0.25) is 0 Å². The Kier molecular flexibility index (Phi) is 4.04. The summed E-state index contributed by atoms with van der Waals surface area (Å²) in [5.41, 5.74) is 4.66. The van der Waals surface area contributed by atoms with Gasteiger partial charge in [0.2, 0.25) is 5.91 Å². The van der Waals surface area contributed by atoms with Crippen molar-refractivity contribution in [2.45, 2.75) is 32.4 Å². The van der Waals surface area contributed by atoms with Crippen LogP contribution >= 0.6 is 0 Å². The average Bonchev–Trinajstić information content (AvgIpc) is 3.05. The Morgan fingerprint density at radius 2 is 1.36 bits per heavy atom. The third-order valence-electron chi connectivity index (χ3n) is 5.49. The fourth-order valence-electron chi connectivity index (χ4n) is 4.15. The van der Waals surface area contributed by atoms with Crippen molar-refractivity contribution in [3.8, 4) is 11.1 Å². The van der Waals surface area contributed by atoms with Crippen molar-refractivity contribution in [2.24, 2.45) is 11.8 Å². The SMILES string of the molecule is O=C(O)[C@@H]1CC[C@H](C(=O)N2Cc3ccccc3-c3ccccc3C2)C1. The van der Waals surface area contributed by atoms with Crippen LogP contribution in [-0.4, -0.2) is 21.9 Å².